The van der Waals surface area contributed by atoms with Gasteiger partial charge in [0, 0.05) is 18.0 Å². The van der Waals surface area contributed by atoms with Crippen LogP contribution in [-0.4, -0.2) is 11.3 Å². The van der Waals surface area contributed by atoms with Crippen LogP contribution >= 0.6 is 0 Å². The predicted octanol–water partition coefficient (Wildman–Crippen LogP) is 2.68. The number of rotatable bonds is 4. The first-order valence-electron chi connectivity index (χ1n) is 5.32. The number of aromatic nitrogens is 1. The van der Waals surface area contributed by atoms with Gasteiger partial charge in [0.25, 0.3) is 0 Å². The molecule has 1 heterocycles. The molecule has 0 fully saturated rings. The minimum Gasteiger partial charge on any atom is -0.298 e. The Balaban J connectivity index is 2.08. The lowest BCUT2D eigenvalue weighted by Gasteiger charge is -2.03. The minimum atomic E-state index is 0.742. The molecule has 2 heteroatoms. The Morgan fingerprint density at radius 1 is 1.06 bits per heavy atom. The van der Waals surface area contributed by atoms with Gasteiger partial charge in [0.05, 0.1) is 0 Å². The van der Waals surface area contributed by atoms with E-state index in [4.69, 9.17) is 0 Å². The van der Waals surface area contributed by atoms with E-state index in [0.29, 0.717) is 0 Å². The molecule has 2 nitrogen and oxygen atoms in total. The summed E-state index contributed by atoms with van der Waals surface area (Å²) in [5, 5.41) is 0. The molecule has 0 radical (unpaired) electrons. The van der Waals surface area contributed by atoms with Crippen molar-refractivity contribution in [3.63, 3.8) is 0 Å². The van der Waals surface area contributed by atoms with Gasteiger partial charge in [-0.25, -0.2) is 0 Å². The number of hydrogen-bond acceptors (Lipinski definition) is 2. The molecule has 0 aliphatic carbocycles. The standard InChI is InChI=1S/C14H13NO/c16-11-14-8-9-15-10-13(14)7-6-12-4-2-1-3-5-12/h1-5,8-11H,6-7H2. The number of aldehydes is 1. The molecule has 80 valence electrons. The Kier molecular flexibility index (Phi) is 3.44. The van der Waals surface area contributed by atoms with Crippen LogP contribution < -0.4 is 0 Å². The lowest BCUT2D eigenvalue weighted by atomic mass is 10.0. The van der Waals surface area contributed by atoms with Gasteiger partial charge < -0.3 is 0 Å². The summed E-state index contributed by atoms with van der Waals surface area (Å²) in [6.07, 6.45) is 6.10. The van der Waals surface area contributed by atoms with E-state index in [1.807, 2.05) is 18.2 Å². The maximum absolute atomic E-state index is 10.8. The molecule has 1 aromatic carbocycles. The van der Waals surface area contributed by atoms with Crippen LogP contribution in [0.25, 0.3) is 0 Å². The average molecular weight is 211 g/mol. The van der Waals surface area contributed by atoms with E-state index in [-0.39, 0.29) is 0 Å². The van der Waals surface area contributed by atoms with E-state index in [1.54, 1.807) is 18.5 Å². The Morgan fingerprint density at radius 2 is 1.88 bits per heavy atom. The summed E-state index contributed by atoms with van der Waals surface area (Å²) in [7, 11) is 0. The van der Waals surface area contributed by atoms with Gasteiger partial charge in [0.2, 0.25) is 0 Å². The molecule has 0 aliphatic heterocycles. The van der Waals surface area contributed by atoms with Crippen LogP contribution in [0.2, 0.25) is 0 Å². The van der Waals surface area contributed by atoms with Crippen LogP contribution in [0.3, 0.4) is 0 Å². The Morgan fingerprint density at radius 3 is 2.62 bits per heavy atom. The molecule has 0 saturated carbocycles. The zero-order valence-electron chi connectivity index (χ0n) is 8.97. The first-order valence-corrected chi connectivity index (χ1v) is 5.32. The molecule has 1 aromatic heterocycles. The van der Waals surface area contributed by atoms with Crippen molar-refractivity contribution in [3.8, 4) is 0 Å². The van der Waals surface area contributed by atoms with Crippen molar-refractivity contribution in [3.05, 3.63) is 65.5 Å². The molecule has 0 spiro atoms. The number of hydrogen-bond donors (Lipinski definition) is 0. The topological polar surface area (TPSA) is 30.0 Å². The molecule has 0 aliphatic rings. The van der Waals surface area contributed by atoms with E-state index < -0.39 is 0 Å². The van der Waals surface area contributed by atoms with Crippen LogP contribution in [0.1, 0.15) is 21.5 Å². The van der Waals surface area contributed by atoms with Crippen LogP contribution in [0.5, 0.6) is 0 Å². The van der Waals surface area contributed by atoms with Crippen LogP contribution in [-0.2, 0) is 12.8 Å². The summed E-state index contributed by atoms with van der Waals surface area (Å²) in [6.45, 7) is 0. The summed E-state index contributed by atoms with van der Waals surface area (Å²) in [6, 6.07) is 12.0. The summed E-state index contributed by atoms with van der Waals surface area (Å²) < 4.78 is 0. The molecule has 2 aromatic rings. The first-order chi connectivity index (χ1) is 7.90. The number of carbonyl (C=O) groups excluding carboxylic acids is 1. The summed E-state index contributed by atoms with van der Waals surface area (Å²) in [5.74, 6) is 0. The third kappa shape index (κ3) is 2.54. The summed E-state index contributed by atoms with van der Waals surface area (Å²) in [4.78, 5) is 14.9. The summed E-state index contributed by atoms with van der Waals surface area (Å²) in [5.41, 5.74) is 3.04. The molecule has 0 atom stereocenters. The largest absolute Gasteiger partial charge is 0.298 e. The van der Waals surface area contributed by atoms with Gasteiger partial charge >= 0.3 is 0 Å². The number of benzene rings is 1. The highest BCUT2D eigenvalue weighted by Crippen LogP contribution is 2.09. The van der Waals surface area contributed by atoms with Crippen molar-refractivity contribution in [2.24, 2.45) is 0 Å². The molecule has 0 amide bonds. The fourth-order valence-electron chi connectivity index (χ4n) is 1.69. The smallest absolute Gasteiger partial charge is 0.150 e. The number of nitrogens with zero attached hydrogens (tertiary/aromatic N) is 1. The highest BCUT2D eigenvalue weighted by Gasteiger charge is 2.01. The molecule has 0 N–H and O–H groups in total. The van der Waals surface area contributed by atoms with E-state index >= 15 is 0 Å². The van der Waals surface area contributed by atoms with Crippen molar-refractivity contribution in [1.82, 2.24) is 4.98 Å². The van der Waals surface area contributed by atoms with Crippen LogP contribution in [0.4, 0.5) is 0 Å². The van der Waals surface area contributed by atoms with Crippen molar-refractivity contribution in [2.45, 2.75) is 12.8 Å². The molecule has 0 unspecified atom stereocenters. The maximum Gasteiger partial charge on any atom is 0.150 e. The zero-order valence-corrected chi connectivity index (χ0v) is 8.97. The maximum atomic E-state index is 10.8. The minimum absolute atomic E-state index is 0.742. The normalized spacial score (nSPS) is 10.0. The summed E-state index contributed by atoms with van der Waals surface area (Å²) >= 11 is 0. The lowest BCUT2D eigenvalue weighted by molar-refractivity contribution is 0.112. The SMILES string of the molecule is O=Cc1ccncc1CCc1ccccc1. The fourth-order valence-corrected chi connectivity index (χ4v) is 1.69. The zero-order chi connectivity index (χ0) is 11.2. The van der Waals surface area contributed by atoms with Gasteiger partial charge in [-0.3, -0.25) is 9.78 Å². The molecule has 2 rings (SSSR count). The third-order valence-electron chi connectivity index (χ3n) is 2.59. The van der Waals surface area contributed by atoms with Crippen LogP contribution in [0, 0.1) is 0 Å². The van der Waals surface area contributed by atoms with Gasteiger partial charge in [0.1, 0.15) is 6.29 Å². The van der Waals surface area contributed by atoms with Gasteiger partial charge in [-0.2, -0.15) is 0 Å². The van der Waals surface area contributed by atoms with Gasteiger partial charge in [-0.05, 0) is 30.0 Å². The van der Waals surface area contributed by atoms with Gasteiger partial charge in [-0.15, -0.1) is 0 Å². The molecular formula is C14H13NO. The third-order valence-corrected chi connectivity index (χ3v) is 2.59. The van der Waals surface area contributed by atoms with Gasteiger partial charge in [-0.1, -0.05) is 30.3 Å². The highest BCUT2D eigenvalue weighted by atomic mass is 16.1. The monoisotopic (exact) mass is 211 g/mol. The predicted molar refractivity (Wildman–Crippen MR) is 63.5 cm³/mol. The molecular weight excluding hydrogens is 198 g/mol. The second-order valence-corrected chi connectivity index (χ2v) is 3.68. The highest BCUT2D eigenvalue weighted by molar-refractivity contribution is 5.76. The van der Waals surface area contributed by atoms with Gasteiger partial charge in [0.15, 0.2) is 0 Å². The van der Waals surface area contributed by atoms with Crippen molar-refractivity contribution < 1.29 is 4.79 Å². The van der Waals surface area contributed by atoms with Crippen molar-refractivity contribution >= 4 is 6.29 Å². The fraction of sp³-hybridized carbons (Fsp3) is 0.143. The van der Waals surface area contributed by atoms with E-state index in [2.05, 4.69) is 17.1 Å². The van der Waals surface area contributed by atoms with Crippen molar-refractivity contribution in [1.29, 1.82) is 0 Å². The second kappa shape index (κ2) is 5.21. The Bertz CT molecular complexity index is 465. The lowest BCUT2D eigenvalue weighted by Crippen LogP contribution is -1.96. The number of aryl methyl sites for hydroxylation is 2. The quantitative estimate of drug-likeness (QED) is 0.728. The number of carbonyl (C=O) groups is 1. The molecule has 0 saturated heterocycles. The van der Waals surface area contributed by atoms with E-state index in [0.717, 1.165) is 30.3 Å². The second-order valence-electron chi connectivity index (χ2n) is 3.68. The van der Waals surface area contributed by atoms with Crippen molar-refractivity contribution in [2.75, 3.05) is 0 Å². The Hall–Kier alpha value is -1.96. The first kappa shape index (κ1) is 10.6. The molecule has 16 heavy (non-hydrogen) atoms. The van der Waals surface area contributed by atoms with Crippen LogP contribution in [0.15, 0.2) is 48.8 Å². The average Bonchev–Trinajstić information content (AvgIpc) is 2.38. The number of pyridine rings is 1. The van der Waals surface area contributed by atoms with E-state index in [1.165, 1.54) is 5.56 Å². The molecule has 0 bridgehead atoms. The Labute approximate surface area is 95.0 Å². The van der Waals surface area contributed by atoms with E-state index in [9.17, 15) is 4.79 Å².